The summed E-state index contributed by atoms with van der Waals surface area (Å²) >= 11 is 1.40. The Kier molecular flexibility index (Phi) is 7.59. The van der Waals surface area contributed by atoms with Gasteiger partial charge in [0.15, 0.2) is 0 Å². The highest BCUT2D eigenvalue weighted by Crippen LogP contribution is 2.51. The van der Waals surface area contributed by atoms with Crippen LogP contribution in [0.1, 0.15) is 26.7 Å². The zero-order valence-electron chi connectivity index (χ0n) is 20.2. The van der Waals surface area contributed by atoms with Gasteiger partial charge in [-0.3, -0.25) is 24.8 Å². The number of carboxylic acids is 1. The Morgan fingerprint density at radius 3 is 2.75 bits per heavy atom. The second kappa shape index (κ2) is 10.4. The quantitative estimate of drug-likeness (QED) is 0.0654. The van der Waals surface area contributed by atoms with Gasteiger partial charge in [0.2, 0.25) is 17.7 Å². The van der Waals surface area contributed by atoms with Gasteiger partial charge in [-0.25, -0.2) is 10.6 Å². The molecule has 7 N–H and O–H groups in total. The molecule has 0 aliphatic carbocycles. The monoisotopic (exact) mass is 523 g/mol. The Bertz CT molecular complexity index is 992. The molecule has 4 aliphatic heterocycles. The summed E-state index contributed by atoms with van der Waals surface area (Å²) in [5.74, 6) is 2.61. The predicted molar refractivity (Wildman–Crippen MR) is 130 cm³/mol. The molecule has 0 bridgehead atoms. The fourth-order valence-corrected chi connectivity index (χ4v) is 7.10. The first-order chi connectivity index (χ1) is 17.0. The molecule has 3 fully saturated rings. The van der Waals surface area contributed by atoms with E-state index in [4.69, 9.17) is 11.3 Å². The lowest BCUT2D eigenvalue weighted by atomic mass is 9.78. The van der Waals surface area contributed by atoms with Gasteiger partial charge in [0, 0.05) is 41.7 Å². The fraction of sp³-hybridized carbons (Fsp3) is 0.682. The minimum Gasteiger partial charge on any atom is -0.477 e. The van der Waals surface area contributed by atoms with Crippen molar-refractivity contribution in [3.8, 4) is 0 Å². The third-order valence-corrected chi connectivity index (χ3v) is 8.88. The lowest BCUT2D eigenvalue weighted by molar-refractivity contribution is -0.158. The number of carbonyl (C=O) groups excluding carboxylic acids is 3. The Morgan fingerprint density at radius 1 is 1.42 bits per heavy atom. The second-order valence-corrected chi connectivity index (χ2v) is 11.2. The molecule has 198 valence electrons. The number of carboxylic acid groups (broad SMARTS) is 1. The van der Waals surface area contributed by atoms with Crippen LogP contribution in [0.25, 0.3) is 0 Å². The number of nitrogens with zero attached hydrogens (tertiary/aromatic N) is 3. The first kappa shape index (κ1) is 26.4. The van der Waals surface area contributed by atoms with Crippen molar-refractivity contribution in [3.63, 3.8) is 0 Å². The van der Waals surface area contributed by atoms with Crippen LogP contribution in [-0.2, 0) is 19.2 Å². The number of amides is 3. The van der Waals surface area contributed by atoms with Crippen LogP contribution in [0.5, 0.6) is 0 Å². The number of aliphatic hydroxyl groups is 1. The summed E-state index contributed by atoms with van der Waals surface area (Å²) in [7, 11) is 0. The van der Waals surface area contributed by atoms with Gasteiger partial charge in [-0.1, -0.05) is 6.92 Å². The number of β-lactam (4-membered cyclic amide) rings is 1. The fourth-order valence-electron chi connectivity index (χ4n) is 5.62. The van der Waals surface area contributed by atoms with E-state index in [1.165, 1.54) is 16.7 Å². The van der Waals surface area contributed by atoms with E-state index in [9.17, 15) is 29.4 Å². The molecule has 1 unspecified atom stereocenters. The number of fused-ring (bicyclic) bond motifs is 1. The van der Waals surface area contributed by atoms with Crippen LogP contribution in [-0.4, -0.2) is 111 Å². The van der Waals surface area contributed by atoms with Gasteiger partial charge in [-0.2, -0.15) is 0 Å². The van der Waals surface area contributed by atoms with Gasteiger partial charge < -0.3 is 30.6 Å². The van der Waals surface area contributed by atoms with E-state index in [1.807, 2.05) is 6.92 Å². The Balaban J connectivity index is 1.41. The maximum Gasteiger partial charge on any atom is 0.353 e. The third kappa shape index (κ3) is 4.82. The Labute approximate surface area is 212 Å². The molecule has 0 radical (unpaired) electrons. The summed E-state index contributed by atoms with van der Waals surface area (Å²) in [6.45, 7) is 4.74. The Morgan fingerprint density at radius 2 is 2.14 bits per heavy atom. The van der Waals surface area contributed by atoms with Crippen LogP contribution in [0.3, 0.4) is 0 Å². The van der Waals surface area contributed by atoms with Crippen molar-refractivity contribution < 1.29 is 29.4 Å². The summed E-state index contributed by atoms with van der Waals surface area (Å²) in [5, 5.41) is 33.6. The van der Waals surface area contributed by atoms with E-state index in [-0.39, 0.29) is 41.3 Å². The van der Waals surface area contributed by atoms with E-state index in [0.29, 0.717) is 37.4 Å². The summed E-state index contributed by atoms with van der Waals surface area (Å²) in [5.41, 5.74) is -0.0216. The number of likely N-dealkylation sites (tertiary alicyclic amines) is 1. The van der Waals surface area contributed by atoms with E-state index >= 15 is 0 Å². The zero-order chi connectivity index (χ0) is 26.3. The number of thioether (sulfide) groups is 1. The number of hydrazine groups is 1. The summed E-state index contributed by atoms with van der Waals surface area (Å²) in [6.07, 6.45) is 1.42. The van der Waals surface area contributed by atoms with E-state index in [2.05, 4.69) is 10.6 Å². The highest BCUT2D eigenvalue weighted by Gasteiger charge is 2.60. The van der Waals surface area contributed by atoms with Crippen LogP contribution < -0.4 is 16.5 Å². The van der Waals surface area contributed by atoms with E-state index < -0.39 is 36.0 Å². The van der Waals surface area contributed by atoms with Crippen molar-refractivity contribution in [1.29, 1.82) is 5.41 Å². The van der Waals surface area contributed by atoms with Crippen LogP contribution in [0, 0.1) is 17.2 Å². The molecule has 14 heteroatoms. The first-order valence-corrected chi connectivity index (χ1v) is 12.9. The predicted octanol–water partition coefficient (Wildman–Crippen LogP) is -1.90. The third-order valence-electron chi connectivity index (χ3n) is 7.37. The number of β-amino-alcohol motifs (C(OH)–C–C–N with tert-alkyl or cyclic N) is 1. The minimum absolute atomic E-state index is 0.0216. The van der Waals surface area contributed by atoms with E-state index in [1.54, 1.807) is 11.8 Å². The van der Waals surface area contributed by atoms with Crippen molar-refractivity contribution in [3.05, 3.63) is 10.6 Å². The zero-order valence-corrected chi connectivity index (χ0v) is 21.0. The molecule has 0 aromatic heterocycles. The average molecular weight is 524 g/mol. The topological polar surface area (TPSA) is 192 Å². The standard InChI is InChI=1S/C22H33N7O6S/c1-10-17-16(11(2)26-15(31)8-28(24)9-23)21(33)29(17)18(22(34)35)19(10)36-13-5-14(25-6-13)20(32)27-4-3-12(30)7-27/h9-14,16-17,23,25,30H,3-8,24H2,1-2H3,(H,26,31)(H,34,35)/t10-,11-,12-,13+,14+,16-,17?/m1/s1. The van der Waals surface area contributed by atoms with Gasteiger partial charge >= 0.3 is 5.97 Å². The molecule has 0 spiro atoms. The Hall–Kier alpha value is -2.68. The van der Waals surface area contributed by atoms with Crippen molar-refractivity contribution in [2.24, 2.45) is 17.7 Å². The van der Waals surface area contributed by atoms with Crippen LogP contribution >= 0.6 is 11.8 Å². The molecule has 3 amide bonds. The van der Waals surface area contributed by atoms with Crippen molar-refractivity contribution in [1.82, 2.24) is 25.4 Å². The SMILES string of the molecule is C[C@H]1C(S[C@@H]2CN[C@H](C(=O)N3CC[C@@H](O)C3)C2)=C(C(=O)O)N2C(=O)[C@H]([C@@H](C)NC(=O)CN(N)C=N)C12. The second-order valence-electron chi connectivity index (χ2n) is 9.85. The maximum atomic E-state index is 13.0. The van der Waals surface area contributed by atoms with Crippen molar-refractivity contribution in [2.75, 3.05) is 26.2 Å². The van der Waals surface area contributed by atoms with Crippen LogP contribution in [0.2, 0.25) is 0 Å². The largest absolute Gasteiger partial charge is 0.477 e. The lowest BCUT2D eigenvalue weighted by Crippen LogP contribution is -2.66. The van der Waals surface area contributed by atoms with Gasteiger partial charge in [0.1, 0.15) is 12.2 Å². The normalized spacial score (nSPS) is 32.3. The van der Waals surface area contributed by atoms with Crippen LogP contribution in [0.15, 0.2) is 10.6 Å². The number of hydrogen-bond acceptors (Lipinski definition) is 9. The molecule has 4 rings (SSSR count). The molecular formula is C22H33N7O6S. The molecular weight excluding hydrogens is 490 g/mol. The van der Waals surface area contributed by atoms with Gasteiger partial charge in [0.25, 0.3) is 0 Å². The molecule has 4 heterocycles. The number of nitrogens with one attached hydrogen (secondary N) is 3. The lowest BCUT2D eigenvalue weighted by Gasteiger charge is -2.47. The average Bonchev–Trinajstić information content (AvgIpc) is 3.51. The number of nitrogens with two attached hydrogens (primary N) is 1. The number of carbonyl (C=O) groups is 4. The molecule has 7 atom stereocenters. The molecule has 3 saturated heterocycles. The molecule has 4 aliphatic rings. The van der Waals surface area contributed by atoms with E-state index in [0.717, 1.165) is 11.3 Å². The van der Waals surface area contributed by atoms with Gasteiger partial charge in [0.05, 0.1) is 30.4 Å². The number of aliphatic hydroxyl groups excluding tert-OH is 1. The highest BCUT2D eigenvalue weighted by molar-refractivity contribution is 8.03. The molecule has 0 aromatic rings. The van der Waals surface area contributed by atoms with Gasteiger partial charge in [-0.05, 0) is 19.8 Å². The smallest absolute Gasteiger partial charge is 0.353 e. The molecule has 13 nitrogen and oxygen atoms in total. The highest BCUT2D eigenvalue weighted by atomic mass is 32.2. The number of aliphatic carboxylic acids is 1. The molecule has 36 heavy (non-hydrogen) atoms. The van der Waals surface area contributed by atoms with Crippen LogP contribution in [0.4, 0.5) is 0 Å². The van der Waals surface area contributed by atoms with Crippen molar-refractivity contribution in [2.45, 2.75) is 56.2 Å². The van der Waals surface area contributed by atoms with Crippen molar-refractivity contribution >= 4 is 41.8 Å². The van der Waals surface area contributed by atoms with Gasteiger partial charge in [-0.15, -0.1) is 11.8 Å². The number of rotatable bonds is 9. The molecule has 0 aromatic carbocycles. The summed E-state index contributed by atoms with van der Waals surface area (Å²) < 4.78 is 0. The minimum atomic E-state index is -1.18. The number of hydrogen-bond donors (Lipinski definition) is 6. The first-order valence-electron chi connectivity index (χ1n) is 12.0. The maximum absolute atomic E-state index is 13.0. The molecule has 0 saturated carbocycles. The summed E-state index contributed by atoms with van der Waals surface area (Å²) in [4.78, 5) is 53.8. The summed E-state index contributed by atoms with van der Waals surface area (Å²) in [6, 6.07) is -1.32.